The lowest BCUT2D eigenvalue weighted by Crippen LogP contribution is -2.10. The first-order chi connectivity index (χ1) is 7.38. The van der Waals surface area contributed by atoms with Crippen molar-refractivity contribution in [2.75, 3.05) is 0 Å². The van der Waals surface area contributed by atoms with Gasteiger partial charge in [-0.3, -0.25) is 0 Å². The smallest absolute Gasteiger partial charge is 0.129 e. The minimum atomic E-state index is -0.0368. The highest BCUT2D eigenvalue weighted by atomic mass is 32.1. The fourth-order valence-electron chi connectivity index (χ4n) is 1.32. The summed E-state index contributed by atoms with van der Waals surface area (Å²) in [5.74, 6) is 1.47. The highest BCUT2D eigenvalue weighted by molar-refractivity contribution is 7.09. The number of hydrogen-bond acceptors (Lipinski definition) is 4. The van der Waals surface area contributed by atoms with Crippen LogP contribution < -0.4 is 5.32 Å². The Hall–Kier alpha value is -1.10. The molecule has 2 N–H and O–H groups in total. The van der Waals surface area contributed by atoms with Crippen LogP contribution >= 0.6 is 11.3 Å². The van der Waals surface area contributed by atoms with Crippen molar-refractivity contribution in [3.8, 4) is 0 Å². The first-order valence-corrected chi connectivity index (χ1v) is 5.68. The molecule has 80 valence electrons. The van der Waals surface area contributed by atoms with Crippen molar-refractivity contribution in [1.29, 1.82) is 0 Å². The van der Waals surface area contributed by atoms with Crippen molar-refractivity contribution >= 4 is 11.3 Å². The van der Waals surface area contributed by atoms with Gasteiger partial charge in [-0.1, -0.05) is 6.07 Å². The number of furan rings is 1. The van der Waals surface area contributed by atoms with Crippen LogP contribution in [0.3, 0.4) is 0 Å². The lowest BCUT2D eigenvalue weighted by molar-refractivity contribution is 0.242. The Morgan fingerprint density at radius 1 is 1.20 bits per heavy atom. The van der Waals surface area contributed by atoms with Gasteiger partial charge < -0.3 is 14.8 Å². The third kappa shape index (κ3) is 2.92. The highest BCUT2D eigenvalue weighted by Gasteiger charge is 2.00. The summed E-state index contributed by atoms with van der Waals surface area (Å²) in [6.45, 7) is 1.51. The molecule has 0 saturated carbocycles. The second-order valence-corrected chi connectivity index (χ2v) is 4.24. The molecule has 0 aliphatic heterocycles. The summed E-state index contributed by atoms with van der Waals surface area (Å²) >= 11 is 1.73. The average Bonchev–Trinajstić information content (AvgIpc) is 2.88. The monoisotopic (exact) mass is 223 g/mol. The van der Waals surface area contributed by atoms with E-state index in [1.807, 2.05) is 12.1 Å². The van der Waals surface area contributed by atoms with E-state index in [1.165, 1.54) is 4.88 Å². The third-order valence-corrected chi connectivity index (χ3v) is 2.93. The topological polar surface area (TPSA) is 45.4 Å². The average molecular weight is 223 g/mol. The van der Waals surface area contributed by atoms with Crippen LogP contribution in [0.5, 0.6) is 0 Å². The Morgan fingerprint density at radius 2 is 2.07 bits per heavy atom. The third-order valence-electron chi connectivity index (χ3n) is 2.05. The summed E-state index contributed by atoms with van der Waals surface area (Å²) in [5.41, 5.74) is 0. The van der Waals surface area contributed by atoms with Crippen molar-refractivity contribution in [2.24, 2.45) is 0 Å². The molecule has 2 heterocycles. The predicted octanol–water partition coefficient (Wildman–Crippen LogP) is 2.12. The largest absolute Gasteiger partial charge is 0.462 e. The number of nitrogens with one attached hydrogen (secondary N) is 1. The zero-order valence-corrected chi connectivity index (χ0v) is 9.09. The van der Waals surface area contributed by atoms with Crippen LogP contribution in [0, 0.1) is 0 Å². The summed E-state index contributed by atoms with van der Waals surface area (Å²) in [4.78, 5) is 1.31. The fourth-order valence-corrected chi connectivity index (χ4v) is 2.00. The molecule has 0 aliphatic rings. The molecule has 15 heavy (non-hydrogen) atoms. The summed E-state index contributed by atoms with van der Waals surface area (Å²) in [7, 11) is 0. The van der Waals surface area contributed by atoms with E-state index in [0.717, 1.165) is 12.3 Å². The van der Waals surface area contributed by atoms with Crippen LogP contribution in [0.15, 0.2) is 34.1 Å². The molecule has 0 saturated heterocycles. The minimum absolute atomic E-state index is 0.0368. The normalized spacial score (nSPS) is 10.7. The van der Waals surface area contributed by atoms with Crippen molar-refractivity contribution in [3.05, 3.63) is 46.0 Å². The SMILES string of the molecule is OCc1ccc(CNCc2cccs2)o1. The summed E-state index contributed by atoms with van der Waals surface area (Å²) in [6.07, 6.45) is 0. The van der Waals surface area contributed by atoms with Gasteiger partial charge in [0.15, 0.2) is 0 Å². The number of rotatable bonds is 5. The molecule has 3 nitrogen and oxygen atoms in total. The van der Waals surface area contributed by atoms with Gasteiger partial charge in [-0.05, 0) is 23.6 Å². The van der Waals surface area contributed by atoms with Crippen molar-refractivity contribution in [1.82, 2.24) is 5.32 Å². The van der Waals surface area contributed by atoms with E-state index in [1.54, 1.807) is 17.4 Å². The summed E-state index contributed by atoms with van der Waals surface area (Å²) in [6, 6.07) is 7.81. The van der Waals surface area contributed by atoms with E-state index < -0.39 is 0 Å². The Labute approximate surface area is 92.4 Å². The molecule has 0 aromatic carbocycles. The molecule has 2 rings (SSSR count). The van der Waals surface area contributed by atoms with Crippen LogP contribution in [0.1, 0.15) is 16.4 Å². The van der Waals surface area contributed by atoms with Gasteiger partial charge in [-0.15, -0.1) is 11.3 Å². The quantitative estimate of drug-likeness (QED) is 0.816. The second kappa shape index (κ2) is 5.11. The lowest BCUT2D eigenvalue weighted by atomic mass is 10.4. The molecule has 0 bridgehead atoms. The van der Waals surface area contributed by atoms with Gasteiger partial charge >= 0.3 is 0 Å². The van der Waals surface area contributed by atoms with E-state index in [2.05, 4.69) is 16.8 Å². The summed E-state index contributed by atoms with van der Waals surface area (Å²) < 4.78 is 5.34. The zero-order valence-electron chi connectivity index (χ0n) is 8.27. The Balaban J connectivity index is 1.78. The van der Waals surface area contributed by atoms with Gasteiger partial charge in [0.25, 0.3) is 0 Å². The molecule has 0 aliphatic carbocycles. The van der Waals surface area contributed by atoms with E-state index >= 15 is 0 Å². The van der Waals surface area contributed by atoms with Crippen LogP contribution in [-0.4, -0.2) is 5.11 Å². The molecule has 0 fully saturated rings. The van der Waals surface area contributed by atoms with Crippen LogP contribution in [-0.2, 0) is 19.7 Å². The van der Waals surface area contributed by atoms with Crippen molar-refractivity contribution < 1.29 is 9.52 Å². The second-order valence-electron chi connectivity index (χ2n) is 3.21. The van der Waals surface area contributed by atoms with Crippen LogP contribution in [0.2, 0.25) is 0 Å². The Kier molecular flexibility index (Phi) is 3.55. The van der Waals surface area contributed by atoms with Crippen LogP contribution in [0.4, 0.5) is 0 Å². The fraction of sp³-hybridized carbons (Fsp3) is 0.273. The van der Waals surface area contributed by atoms with Gasteiger partial charge in [-0.25, -0.2) is 0 Å². The summed E-state index contributed by atoms with van der Waals surface area (Å²) in [5, 5.41) is 14.2. The Bertz CT molecular complexity index is 394. The molecule has 2 aromatic heterocycles. The van der Waals surface area contributed by atoms with Gasteiger partial charge in [-0.2, -0.15) is 0 Å². The molecule has 0 atom stereocenters. The first-order valence-electron chi connectivity index (χ1n) is 4.80. The van der Waals surface area contributed by atoms with Gasteiger partial charge in [0.05, 0.1) is 6.54 Å². The highest BCUT2D eigenvalue weighted by Crippen LogP contribution is 2.10. The van der Waals surface area contributed by atoms with Crippen LogP contribution in [0.25, 0.3) is 0 Å². The molecule has 2 aromatic rings. The molecule has 0 spiro atoms. The van der Waals surface area contributed by atoms with Gasteiger partial charge in [0.2, 0.25) is 0 Å². The number of thiophene rings is 1. The van der Waals surface area contributed by atoms with E-state index in [4.69, 9.17) is 9.52 Å². The van der Waals surface area contributed by atoms with Crippen molar-refractivity contribution in [3.63, 3.8) is 0 Å². The lowest BCUT2D eigenvalue weighted by Gasteiger charge is -1.99. The Morgan fingerprint density at radius 3 is 2.73 bits per heavy atom. The maximum atomic E-state index is 8.81. The molecular weight excluding hydrogens is 210 g/mol. The molecule has 4 heteroatoms. The number of hydrogen-bond donors (Lipinski definition) is 2. The first kappa shape index (κ1) is 10.4. The standard InChI is InChI=1S/C11H13NO2S/c13-8-10-4-3-9(14-10)6-12-7-11-2-1-5-15-11/h1-5,12-13H,6-8H2. The van der Waals surface area contributed by atoms with E-state index in [9.17, 15) is 0 Å². The maximum absolute atomic E-state index is 8.81. The zero-order chi connectivity index (χ0) is 10.5. The number of aliphatic hydroxyl groups excluding tert-OH is 1. The van der Waals surface area contributed by atoms with Gasteiger partial charge in [0, 0.05) is 11.4 Å². The molecule has 0 amide bonds. The van der Waals surface area contributed by atoms with Gasteiger partial charge in [0.1, 0.15) is 18.1 Å². The molecule has 0 radical (unpaired) electrons. The van der Waals surface area contributed by atoms with Crippen molar-refractivity contribution in [2.45, 2.75) is 19.7 Å². The molecule has 0 unspecified atom stereocenters. The minimum Gasteiger partial charge on any atom is -0.462 e. The number of aliphatic hydroxyl groups is 1. The maximum Gasteiger partial charge on any atom is 0.129 e. The van der Waals surface area contributed by atoms with E-state index in [-0.39, 0.29) is 6.61 Å². The molecular formula is C11H13NO2S. The predicted molar refractivity (Wildman–Crippen MR) is 59.5 cm³/mol. The van der Waals surface area contributed by atoms with E-state index in [0.29, 0.717) is 12.3 Å².